The number of hydrogen-bond acceptors (Lipinski definition) is 6. The first-order valence-electron chi connectivity index (χ1n) is 18.4. The highest BCUT2D eigenvalue weighted by molar-refractivity contribution is 5.97. The second-order valence-electron chi connectivity index (χ2n) is 14.1. The van der Waals surface area contributed by atoms with Crippen molar-refractivity contribution in [3.05, 3.63) is 137 Å². The zero-order chi connectivity index (χ0) is 42.9. The highest BCUT2D eigenvalue weighted by atomic mass is 19.4. The Morgan fingerprint density at radius 3 is 1.69 bits per heavy atom. The Morgan fingerprint density at radius 2 is 1.14 bits per heavy atom. The summed E-state index contributed by atoms with van der Waals surface area (Å²) in [6.45, 7) is 1.55. The Balaban J connectivity index is 1.55. The molecule has 0 saturated carbocycles. The van der Waals surface area contributed by atoms with Gasteiger partial charge in [-0.3, -0.25) is 24.0 Å². The van der Waals surface area contributed by atoms with Crippen LogP contribution >= 0.6 is 0 Å². The lowest BCUT2D eigenvalue weighted by atomic mass is 9.92. The molecule has 0 aliphatic carbocycles. The van der Waals surface area contributed by atoms with Gasteiger partial charge in [-0.25, -0.2) is 13.6 Å². The van der Waals surface area contributed by atoms with Crippen molar-refractivity contribution >= 4 is 41.2 Å². The number of carbonyl (C=O) groups is 6. The topological polar surface area (TPSA) is 183 Å². The third kappa shape index (κ3) is 12.2. The van der Waals surface area contributed by atoms with Gasteiger partial charge in [0.25, 0.3) is 0 Å². The molecule has 5 amide bonds. The Bertz CT molecular complexity index is 2170. The maximum Gasteiger partial charge on any atom is 0.416 e. The minimum atomic E-state index is -4.68. The van der Waals surface area contributed by atoms with Gasteiger partial charge in [0.1, 0.15) is 24.2 Å². The Hall–Kier alpha value is -6.65. The third-order valence-corrected chi connectivity index (χ3v) is 9.71. The van der Waals surface area contributed by atoms with Crippen LogP contribution in [0.15, 0.2) is 97.1 Å². The standard InChI is InChI=1S/C42H40F5N5O7/c1-23-27-10-14-29(15-11-27)48-35(53)17-18-36(54)49-32(22-26-9-16-30(43)31(44)19-26)38(55)50-33(21-25-7-12-28(13-8-25)42(45,46)47)39(56)51-34(20-24-5-3-2-4-6-24)40(57)52-37(23)41(58)59/h2-16,19,23,32-34,37H,17-18,20-22H2,1H3,(H,48,53)(H,49,54)(H,50,55)(H,51,56)(H,52,57)(H,58,59)/t23-,32-,33+,34-,37+/m1/s1. The lowest BCUT2D eigenvalue weighted by molar-refractivity contribution is -0.143. The highest BCUT2D eigenvalue weighted by Gasteiger charge is 2.35. The number of aliphatic carboxylic acids is 1. The van der Waals surface area contributed by atoms with E-state index < -0.39 is 108 Å². The predicted octanol–water partition coefficient (Wildman–Crippen LogP) is 4.57. The number of carboxylic acid groups (broad SMARTS) is 1. The molecule has 0 radical (unpaired) electrons. The van der Waals surface area contributed by atoms with Crippen LogP contribution in [-0.4, -0.2) is 64.8 Å². The molecule has 0 fully saturated rings. The summed E-state index contributed by atoms with van der Waals surface area (Å²) in [4.78, 5) is 80.8. The van der Waals surface area contributed by atoms with Crippen molar-refractivity contribution in [1.29, 1.82) is 0 Å². The summed E-state index contributed by atoms with van der Waals surface area (Å²) in [6, 6.07) is 14.8. The molecule has 0 aromatic heterocycles. The SMILES string of the molecule is C[C@@H]1c2ccc(cc2)NC(=O)CCC(=O)N[C@H](Cc2ccc(F)c(F)c2)C(=O)N[C@@H](Cc2ccc(C(F)(F)F)cc2)C(=O)N[C@H](Cc2ccccc2)C(=O)N[C@@H]1C(=O)O. The summed E-state index contributed by atoms with van der Waals surface area (Å²) >= 11 is 0. The van der Waals surface area contributed by atoms with Crippen LogP contribution in [0.1, 0.15) is 53.5 Å². The second-order valence-corrected chi connectivity index (χ2v) is 14.1. The molecular weight excluding hydrogens is 781 g/mol. The summed E-state index contributed by atoms with van der Waals surface area (Å²) in [5.74, 6) is -9.03. The van der Waals surface area contributed by atoms with E-state index in [0.29, 0.717) is 16.8 Å². The second kappa shape index (κ2) is 19.2. The average Bonchev–Trinajstić information content (AvgIpc) is 3.19. The predicted molar refractivity (Wildman–Crippen MR) is 203 cm³/mol. The van der Waals surface area contributed by atoms with Crippen LogP contribution in [0.2, 0.25) is 0 Å². The van der Waals surface area contributed by atoms with Crippen LogP contribution in [0.5, 0.6) is 0 Å². The lowest BCUT2D eigenvalue weighted by Gasteiger charge is -2.28. The zero-order valence-corrected chi connectivity index (χ0v) is 31.4. The molecule has 2 aliphatic rings. The fraction of sp³-hybridized carbons (Fsp3) is 0.286. The Morgan fingerprint density at radius 1 is 0.627 bits per heavy atom. The molecule has 2 bridgehead atoms. The van der Waals surface area contributed by atoms with E-state index >= 15 is 0 Å². The van der Waals surface area contributed by atoms with E-state index in [1.54, 1.807) is 49.4 Å². The fourth-order valence-electron chi connectivity index (χ4n) is 6.42. The van der Waals surface area contributed by atoms with Gasteiger partial charge < -0.3 is 31.7 Å². The molecule has 5 atom stereocenters. The molecule has 17 heteroatoms. The summed E-state index contributed by atoms with van der Waals surface area (Å²) in [5, 5.41) is 22.9. The molecule has 6 N–H and O–H groups in total. The molecule has 12 nitrogen and oxygen atoms in total. The van der Waals surface area contributed by atoms with Crippen LogP contribution in [-0.2, 0) is 54.2 Å². The molecule has 6 rings (SSSR count). The van der Waals surface area contributed by atoms with E-state index in [4.69, 9.17) is 0 Å². The van der Waals surface area contributed by atoms with Gasteiger partial charge in [0, 0.05) is 43.7 Å². The van der Waals surface area contributed by atoms with Gasteiger partial charge >= 0.3 is 12.1 Å². The number of anilines is 1. The number of amides is 5. The number of hydrogen-bond donors (Lipinski definition) is 6. The summed E-state index contributed by atoms with van der Waals surface area (Å²) in [7, 11) is 0. The van der Waals surface area contributed by atoms with Crippen molar-refractivity contribution < 1.29 is 55.8 Å². The summed E-state index contributed by atoms with van der Waals surface area (Å²) < 4.78 is 68.2. The van der Waals surface area contributed by atoms with Crippen LogP contribution in [0, 0.1) is 11.6 Å². The Kier molecular flexibility index (Phi) is 14.1. The van der Waals surface area contributed by atoms with E-state index in [1.807, 2.05) is 0 Å². The molecule has 0 spiro atoms. The van der Waals surface area contributed by atoms with Gasteiger partial charge in [0.2, 0.25) is 29.5 Å². The highest BCUT2D eigenvalue weighted by Crippen LogP contribution is 2.29. The van der Waals surface area contributed by atoms with Crippen LogP contribution in [0.3, 0.4) is 0 Å². The maximum absolute atomic E-state index is 14.2. The van der Waals surface area contributed by atoms with Crippen molar-refractivity contribution in [2.45, 2.75) is 75.3 Å². The molecular formula is C42H40F5N5O7. The van der Waals surface area contributed by atoms with Gasteiger partial charge in [-0.15, -0.1) is 0 Å². The van der Waals surface area contributed by atoms with Crippen molar-refractivity contribution in [3.8, 4) is 0 Å². The van der Waals surface area contributed by atoms with Crippen molar-refractivity contribution in [2.24, 2.45) is 0 Å². The van der Waals surface area contributed by atoms with E-state index in [2.05, 4.69) is 26.6 Å². The first-order chi connectivity index (χ1) is 28.0. The Labute approximate surface area is 335 Å². The van der Waals surface area contributed by atoms with Gasteiger partial charge in [0.05, 0.1) is 5.56 Å². The van der Waals surface area contributed by atoms with E-state index in [1.165, 1.54) is 18.2 Å². The van der Waals surface area contributed by atoms with E-state index in [0.717, 1.165) is 36.4 Å². The first kappa shape index (κ1) is 43.5. The van der Waals surface area contributed by atoms with Crippen molar-refractivity contribution in [3.63, 3.8) is 0 Å². The molecule has 4 aromatic rings. The van der Waals surface area contributed by atoms with Gasteiger partial charge in [-0.2, -0.15) is 13.2 Å². The number of benzene rings is 4. The number of carboxylic acids is 1. The number of carbonyl (C=O) groups excluding carboxylic acids is 5. The molecule has 2 aliphatic heterocycles. The number of fused-ring (bicyclic) bond motifs is 18. The molecule has 2 heterocycles. The fourth-order valence-corrected chi connectivity index (χ4v) is 6.42. The van der Waals surface area contributed by atoms with Crippen LogP contribution in [0.25, 0.3) is 0 Å². The van der Waals surface area contributed by atoms with Crippen LogP contribution < -0.4 is 26.6 Å². The summed E-state index contributed by atoms with van der Waals surface area (Å²) in [6.07, 6.45) is -6.52. The lowest BCUT2D eigenvalue weighted by Crippen LogP contribution is -2.59. The molecule has 310 valence electrons. The number of halogens is 5. The van der Waals surface area contributed by atoms with Crippen molar-refractivity contribution in [2.75, 3.05) is 5.32 Å². The minimum Gasteiger partial charge on any atom is -0.480 e. The van der Waals surface area contributed by atoms with E-state index in [-0.39, 0.29) is 24.0 Å². The quantitative estimate of drug-likeness (QED) is 0.117. The van der Waals surface area contributed by atoms with Gasteiger partial charge in [0.15, 0.2) is 11.6 Å². The average molecular weight is 822 g/mol. The molecule has 59 heavy (non-hydrogen) atoms. The zero-order valence-electron chi connectivity index (χ0n) is 31.4. The monoisotopic (exact) mass is 821 g/mol. The molecule has 0 unspecified atom stereocenters. The smallest absolute Gasteiger partial charge is 0.416 e. The first-order valence-corrected chi connectivity index (χ1v) is 18.4. The molecule has 4 aromatic carbocycles. The minimum absolute atomic E-state index is 0.0570. The molecule has 0 saturated heterocycles. The number of nitrogens with one attached hydrogen (secondary N) is 5. The summed E-state index contributed by atoms with van der Waals surface area (Å²) in [5.41, 5.74) is 0.549. The number of alkyl halides is 3. The number of rotatable bonds is 7. The van der Waals surface area contributed by atoms with Crippen molar-refractivity contribution in [1.82, 2.24) is 21.3 Å². The van der Waals surface area contributed by atoms with Gasteiger partial charge in [-0.1, -0.05) is 67.6 Å². The van der Waals surface area contributed by atoms with Crippen LogP contribution in [0.4, 0.5) is 27.6 Å². The largest absolute Gasteiger partial charge is 0.480 e. The third-order valence-electron chi connectivity index (χ3n) is 9.71. The normalized spacial score (nSPS) is 21.3. The van der Waals surface area contributed by atoms with Gasteiger partial charge in [-0.05, 0) is 58.7 Å². The maximum atomic E-state index is 14.2. The van der Waals surface area contributed by atoms with E-state index in [9.17, 15) is 55.8 Å².